The summed E-state index contributed by atoms with van der Waals surface area (Å²) < 4.78 is 0. The molecule has 1 aromatic rings. The lowest BCUT2D eigenvalue weighted by Crippen LogP contribution is -2.67. The molecule has 170 valence electrons. The first-order valence-electron chi connectivity index (χ1n) is 11.4. The van der Waals surface area contributed by atoms with Crippen molar-refractivity contribution in [3.63, 3.8) is 0 Å². The summed E-state index contributed by atoms with van der Waals surface area (Å²) in [5, 5.41) is 6.21. The van der Waals surface area contributed by atoms with Gasteiger partial charge in [0.05, 0.1) is 12.1 Å². The van der Waals surface area contributed by atoms with Gasteiger partial charge in [-0.3, -0.25) is 4.84 Å². The number of hydrogen-bond donors (Lipinski definition) is 1. The van der Waals surface area contributed by atoms with Gasteiger partial charge in [0.15, 0.2) is 5.82 Å². The molecule has 1 N–H and O–H groups in total. The van der Waals surface area contributed by atoms with Crippen LogP contribution in [0.3, 0.4) is 0 Å². The Labute approximate surface area is 191 Å². The average molecular weight is 458 g/mol. The minimum absolute atomic E-state index is 0.0352. The number of aromatic nitrogens is 3. The third kappa shape index (κ3) is 5.09. The van der Waals surface area contributed by atoms with E-state index in [1.165, 1.54) is 25.7 Å². The van der Waals surface area contributed by atoms with Gasteiger partial charge in [0.1, 0.15) is 0 Å². The molecular weight excluding hydrogens is 421 g/mol. The van der Waals surface area contributed by atoms with Crippen molar-refractivity contribution >= 4 is 23.2 Å². The average Bonchev–Trinajstić information content (AvgIpc) is 2.68. The molecule has 3 rings (SSSR count). The van der Waals surface area contributed by atoms with Gasteiger partial charge in [0.25, 0.3) is 0 Å². The lowest BCUT2D eigenvalue weighted by atomic mass is 9.64. The standard InChI is InChI=1S/C22H37Cl2N5O/c1-6-7-13-25-17-14-16(18-26-19(23)28-20(24)27-18)29(22(4,5)21(17,2)3)30-15-11-9-8-10-12-15/h15-17,25H,6-14H2,1-5H3. The molecule has 1 aliphatic carbocycles. The molecule has 1 aromatic heterocycles. The van der Waals surface area contributed by atoms with Crippen molar-refractivity contribution in [3.8, 4) is 0 Å². The Morgan fingerprint density at radius 3 is 2.27 bits per heavy atom. The van der Waals surface area contributed by atoms with E-state index >= 15 is 0 Å². The van der Waals surface area contributed by atoms with Gasteiger partial charge in [-0.15, -0.1) is 0 Å². The topological polar surface area (TPSA) is 63.2 Å². The van der Waals surface area contributed by atoms with Crippen molar-refractivity contribution in [2.24, 2.45) is 5.41 Å². The van der Waals surface area contributed by atoms with Crippen LogP contribution in [0.5, 0.6) is 0 Å². The highest BCUT2D eigenvalue weighted by molar-refractivity contribution is 6.31. The number of nitrogens with one attached hydrogen (secondary N) is 1. The van der Waals surface area contributed by atoms with Crippen LogP contribution < -0.4 is 5.32 Å². The van der Waals surface area contributed by atoms with E-state index in [2.05, 4.69) is 60.0 Å². The minimum Gasteiger partial charge on any atom is -0.313 e. The fourth-order valence-electron chi connectivity index (χ4n) is 4.74. The van der Waals surface area contributed by atoms with Crippen molar-refractivity contribution in [2.75, 3.05) is 6.54 Å². The second kappa shape index (κ2) is 9.95. The van der Waals surface area contributed by atoms with E-state index in [4.69, 9.17) is 28.0 Å². The number of nitrogens with zero attached hydrogens (tertiary/aromatic N) is 4. The number of piperidine rings is 1. The van der Waals surface area contributed by atoms with Gasteiger partial charge in [-0.1, -0.05) is 46.5 Å². The van der Waals surface area contributed by atoms with Gasteiger partial charge < -0.3 is 5.32 Å². The van der Waals surface area contributed by atoms with E-state index in [1.807, 2.05) is 0 Å². The molecule has 0 radical (unpaired) electrons. The second-order valence-corrected chi connectivity index (χ2v) is 10.5. The number of halogens is 2. The van der Waals surface area contributed by atoms with Crippen molar-refractivity contribution in [3.05, 3.63) is 16.4 Å². The van der Waals surface area contributed by atoms with Gasteiger partial charge >= 0.3 is 0 Å². The molecule has 2 atom stereocenters. The van der Waals surface area contributed by atoms with Crippen LogP contribution in [-0.2, 0) is 4.84 Å². The third-order valence-electron chi connectivity index (χ3n) is 7.37. The molecule has 0 bridgehead atoms. The highest BCUT2D eigenvalue weighted by atomic mass is 35.5. The summed E-state index contributed by atoms with van der Waals surface area (Å²) in [6.07, 6.45) is 9.30. The Hall–Kier alpha value is -0.530. The quantitative estimate of drug-likeness (QED) is 0.525. The zero-order chi connectivity index (χ0) is 21.9. The van der Waals surface area contributed by atoms with E-state index in [1.54, 1.807) is 0 Å². The van der Waals surface area contributed by atoms with Crippen LogP contribution in [0.4, 0.5) is 0 Å². The molecule has 1 saturated carbocycles. The van der Waals surface area contributed by atoms with Crippen molar-refractivity contribution in [2.45, 2.75) is 110 Å². The zero-order valence-corrected chi connectivity index (χ0v) is 20.6. The smallest absolute Gasteiger partial charge is 0.226 e. The van der Waals surface area contributed by atoms with E-state index in [0.29, 0.717) is 5.82 Å². The normalized spacial score (nSPS) is 27.3. The predicted molar refractivity (Wildman–Crippen MR) is 122 cm³/mol. The molecule has 1 aliphatic heterocycles. The van der Waals surface area contributed by atoms with Crippen LogP contribution in [0.15, 0.2) is 0 Å². The van der Waals surface area contributed by atoms with E-state index < -0.39 is 0 Å². The summed E-state index contributed by atoms with van der Waals surface area (Å²) in [5.41, 5.74) is -0.296. The summed E-state index contributed by atoms with van der Waals surface area (Å²) in [7, 11) is 0. The number of unbranched alkanes of at least 4 members (excludes halogenated alkanes) is 1. The number of rotatable bonds is 7. The molecule has 0 amide bonds. The van der Waals surface area contributed by atoms with Crippen LogP contribution in [0, 0.1) is 5.41 Å². The lowest BCUT2D eigenvalue weighted by Gasteiger charge is -2.59. The van der Waals surface area contributed by atoms with Crippen molar-refractivity contribution in [1.29, 1.82) is 0 Å². The maximum Gasteiger partial charge on any atom is 0.226 e. The minimum atomic E-state index is -0.261. The summed E-state index contributed by atoms with van der Waals surface area (Å²) in [4.78, 5) is 19.6. The molecule has 0 aromatic carbocycles. The van der Waals surface area contributed by atoms with E-state index in [9.17, 15) is 0 Å². The molecule has 2 fully saturated rings. The Balaban J connectivity index is 1.96. The fraction of sp³-hybridized carbons (Fsp3) is 0.864. The number of hydrogen-bond acceptors (Lipinski definition) is 6. The Morgan fingerprint density at radius 2 is 1.67 bits per heavy atom. The first-order valence-corrected chi connectivity index (χ1v) is 12.2. The van der Waals surface area contributed by atoms with Gasteiger partial charge in [-0.25, -0.2) is 9.97 Å². The largest absolute Gasteiger partial charge is 0.313 e. The Morgan fingerprint density at radius 1 is 1.03 bits per heavy atom. The maximum absolute atomic E-state index is 6.72. The zero-order valence-electron chi connectivity index (χ0n) is 19.0. The molecule has 2 unspecified atom stereocenters. The van der Waals surface area contributed by atoms with E-state index in [0.717, 1.165) is 32.2 Å². The predicted octanol–water partition coefficient (Wildman–Crippen LogP) is 5.75. The number of hydroxylamine groups is 2. The van der Waals surface area contributed by atoms with Crippen LogP contribution in [0.2, 0.25) is 10.6 Å². The summed E-state index contributed by atoms with van der Waals surface area (Å²) >= 11 is 12.3. The molecule has 1 saturated heterocycles. The Bertz CT molecular complexity index is 689. The highest BCUT2D eigenvalue weighted by Crippen LogP contribution is 2.50. The molecule has 30 heavy (non-hydrogen) atoms. The van der Waals surface area contributed by atoms with Crippen LogP contribution in [0.25, 0.3) is 0 Å². The van der Waals surface area contributed by atoms with Crippen LogP contribution in [-0.4, -0.2) is 44.2 Å². The summed E-state index contributed by atoms with van der Waals surface area (Å²) in [5.74, 6) is 0.585. The monoisotopic (exact) mass is 457 g/mol. The second-order valence-electron chi connectivity index (χ2n) is 9.82. The van der Waals surface area contributed by atoms with Gasteiger partial charge in [-0.2, -0.15) is 10.0 Å². The lowest BCUT2D eigenvalue weighted by molar-refractivity contribution is -0.317. The molecule has 6 nitrogen and oxygen atoms in total. The van der Waals surface area contributed by atoms with Crippen molar-refractivity contribution < 1.29 is 4.84 Å². The van der Waals surface area contributed by atoms with Gasteiger partial charge in [-0.05, 0) is 69.3 Å². The summed E-state index contributed by atoms with van der Waals surface area (Å²) in [6.45, 7) is 12.4. The van der Waals surface area contributed by atoms with Crippen LogP contribution in [0.1, 0.15) is 97.9 Å². The van der Waals surface area contributed by atoms with Crippen molar-refractivity contribution in [1.82, 2.24) is 25.3 Å². The Kier molecular flexibility index (Phi) is 8.00. The van der Waals surface area contributed by atoms with E-state index in [-0.39, 0.29) is 39.7 Å². The first kappa shape index (κ1) is 24.1. The SMILES string of the molecule is CCCCNC1CC(c2nc(Cl)nc(Cl)n2)N(OC2CCCCC2)C(C)(C)C1(C)C. The molecular formula is C22H37Cl2N5O. The van der Waals surface area contributed by atoms with Gasteiger partial charge in [0, 0.05) is 17.0 Å². The first-order chi connectivity index (χ1) is 14.2. The van der Waals surface area contributed by atoms with Gasteiger partial charge in [0.2, 0.25) is 10.6 Å². The molecule has 2 heterocycles. The molecule has 2 aliphatic rings. The molecule has 0 spiro atoms. The maximum atomic E-state index is 6.72. The summed E-state index contributed by atoms with van der Waals surface area (Å²) in [6, 6.07) is 0.136. The molecule has 8 heteroatoms. The van der Waals surface area contributed by atoms with Crippen LogP contribution >= 0.6 is 23.2 Å². The fourth-order valence-corrected chi connectivity index (χ4v) is 5.12. The highest BCUT2D eigenvalue weighted by Gasteiger charge is 2.56. The third-order valence-corrected chi connectivity index (χ3v) is 7.71.